The SMILES string of the molecule is CC1(C)OC(=O)C(CN2CCCC2)=C(O)O1. The summed E-state index contributed by atoms with van der Waals surface area (Å²) in [6.45, 7) is 5.49. The van der Waals surface area contributed by atoms with Crippen LogP contribution in [0.2, 0.25) is 0 Å². The Kier molecular flexibility index (Phi) is 2.80. The number of carbonyl (C=O) groups excluding carboxylic acids is 1. The van der Waals surface area contributed by atoms with Crippen LogP contribution in [0.3, 0.4) is 0 Å². The first-order chi connectivity index (χ1) is 7.48. The molecule has 1 fully saturated rings. The molecular weight excluding hydrogens is 210 g/mol. The van der Waals surface area contributed by atoms with Crippen LogP contribution in [0.5, 0.6) is 0 Å². The van der Waals surface area contributed by atoms with Crippen molar-refractivity contribution in [1.29, 1.82) is 0 Å². The summed E-state index contributed by atoms with van der Waals surface area (Å²) >= 11 is 0. The summed E-state index contributed by atoms with van der Waals surface area (Å²) in [6, 6.07) is 0. The van der Waals surface area contributed by atoms with Crippen molar-refractivity contribution in [3.05, 3.63) is 11.5 Å². The maximum atomic E-state index is 11.7. The van der Waals surface area contributed by atoms with E-state index in [1.54, 1.807) is 13.8 Å². The van der Waals surface area contributed by atoms with E-state index in [1.807, 2.05) is 0 Å². The molecule has 0 aromatic rings. The maximum Gasteiger partial charge on any atom is 0.345 e. The molecule has 16 heavy (non-hydrogen) atoms. The number of carbonyl (C=O) groups is 1. The fourth-order valence-corrected chi connectivity index (χ4v) is 1.98. The van der Waals surface area contributed by atoms with Crippen LogP contribution in [0.15, 0.2) is 11.5 Å². The topological polar surface area (TPSA) is 59.0 Å². The van der Waals surface area contributed by atoms with E-state index in [9.17, 15) is 9.90 Å². The van der Waals surface area contributed by atoms with E-state index in [4.69, 9.17) is 9.47 Å². The fourth-order valence-electron chi connectivity index (χ4n) is 1.98. The molecular formula is C11H17NO4. The lowest BCUT2D eigenvalue weighted by Crippen LogP contribution is -2.39. The molecule has 2 heterocycles. The number of aliphatic hydroxyl groups is 1. The number of hydrogen-bond donors (Lipinski definition) is 1. The molecule has 0 spiro atoms. The van der Waals surface area contributed by atoms with Crippen LogP contribution < -0.4 is 0 Å². The molecule has 0 saturated carbocycles. The Bertz CT molecular complexity index is 329. The molecule has 0 aromatic heterocycles. The van der Waals surface area contributed by atoms with E-state index in [-0.39, 0.29) is 11.5 Å². The van der Waals surface area contributed by atoms with Gasteiger partial charge in [0.1, 0.15) is 5.57 Å². The van der Waals surface area contributed by atoms with E-state index in [2.05, 4.69) is 4.90 Å². The van der Waals surface area contributed by atoms with Crippen LogP contribution in [-0.2, 0) is 14.3 Å². The Hall–Kier alpha value is -1.23. The van der Waals surface area contributed by atoms with Gasteiger partial charge >= 0.3 is 5.97 Å². The molecule has 2 rings (SSSR count). The minimum absolute atomic E-state index is 0.223. The summed E-state index contributed by atoms with van der Waals surface area (Å²) in [5.74, 6) is -1.86. The minimum Gasteiger partial charge on any atom is -0.480 e. The highest BCUT2D eigenvalue weighted by atomic mass is 16.8. The quantitative estimate of drug-likeness (QED) is 0.717. The zero-order chi connectivity index (χ0) is 11.8. The third kappa shape index (κ3) is 2.29. The van der Waals surface area contributed by atoms with Crippen LogP contribution in [0, 0.1) is 0 Å². The first-order valence-electron chi connectivity index (χ1n) is 5.55. The van der Waals surface area contributed by atoms with Crippen molar-refractivity contribution in [2.75, 3.05) is 19.6 Å². The van der Waals surface area contributed by atoms with Crippen LogP contribution in [0.1, 0.15) is 26.7 Å². The van der Waals surface area contributed by atoms with E-state index in [0.29, 0.717) is 6.54 Å². The molecule has 2 aliphatic rings. The number of cyclic esters (lactones) is 1. The third-order valence-electron chi connectivity index (χ3n) is 2.77. The summed E-state index contributed by atoms with van der Waals surface area (Å²) in [5.41, 5.74) is 0.223. The maximum absolute atomic E-state index is 11.7. The number of ether oxygens (including phenoxy) is 2. The van der Waals surface area contributed by atoms with Crippen molar-refractivity contribution in [3.8, 4) is 0 Å². The Balaban J connectivity index is 2.09. The van der Waals surface area contributed by atoms with Gasteiger partial charge in [-0.05, 0) is 25.9 Å². The molecule has 90 valence electrons. The summed E-state index contributed by atoms with van der Waals surface area (Å²) in [7, 11) is 0. The Labute approximate surface area is 94.6 Å². The average molecular weight is 227 g/mol. The molecule has 5 heteroatoms. The highest BCUT2D eigenvalue weighted by Gasteiger charge is 2.36. The summed E-state index contributed by atoms with van der Waals surface area (Å²) in [4.78, 5) is 13.8. The Morgan fingerprint density at radius 3 is 2.50 bits per heavy atom. The molecule has 0 amide bonds. The van der Waals surface area contributed by atoms with Crippen molar-refractivity contribution in [1.82, 2.24) is 4.90 Å². The lowest BCUT2D eigenvalue weighted by molar-refractivity contribution is -0.222. The number of hydrogen-bond acceptors (Lipinski definition) is 5. The number of aliphatic hydroxyl groups excluding tert-OH is 1. The average Bonchev–Trinajstić information content (AvgIpc) is 2.62. The van der Waals surface area contributed by atoms with Crippen LogP contribution in [0.4, 0.5) is 0 Å². The lowest BCUT2D eigenvalue weighted by Gasteiger charge is -2.31. The Morgan fingerprint density at radius 2 is 1.94 bits per heavy atom. The first kappa shape index (κ1) is 11.3. The van der Waals surface area contributed by atoms with Gasteiger partial charge in [-0.2, -0.15) is 0 Å². The largest absolute Gasteiger partial charge is 0.480 e. The van der Waals surface area contributed by atoms with Crippen molar-refractivity contribution >= 4 is 5.97 Å². The molecule has 2 aliphatic heterocycles. The molecule has 1 saturated heterocycles. The van der Waals surface area contributed by atoms with E-state index < -0.39 is 11.8 Å². The smallest absolute Gasteiger partial charge is 0.345 e. The molecule has 0 atom stereocenters. The molecule has 0 aliphatic carbocycles. The fraction of sp³-hybridized carbons (Fsp3) is 0.727. The number of esters is 1. The zero-order valence-electron chi connectivity index (χ0n) is 9.65. The molecule has 0 aromatic carbocycles. The van der Waals surface area contributed by atoms with Crippen LogP contribution >= 0.6 is 0 Å². The van der Waals surface area contributed by atoms with Crippen LogP contribution in [-0.4, -0.2) is 41.4 Å². The molecule has 5 nitrogen and oxygen atoms in total. The Morgan fingerprint density at radius 1 is 1.31 bits per heavy atom. The lowest BCUT2D eigenvalue weighted by atomic mass is 10.2. The molecule has 1 N–H and O–H groups in total. The first-order valence-corrected chi connectivity index (χ1v) is 5.55. The molecule has 0 radical (unpaired) electrons. The van der Waals surface area contributed by atoms with Gasteiger partial charge in [-0.3, -0.25) is 4.90 Å². The minimum atomic E-state index is -1.07. The van der Waals surface area contributed by atoms with Gasteiger partial charge < -0.3 is 14.6 Å². The number of nitrogens with zero attached hydrogens (tertiary/aromatic N) is 1. The highest BCUT2D eigenvalue weighted by molar-refractivity contribution is 5.90. The molecule has 0 unspecified atom stereocenters. The van der Waals surface area contributed by atoms with E-state index in [0.717, 1.165) is 25.9 Å². The predicted molar refractivity (Wildman–Crippen MR) is 56.6 cm³/mol. The van der Waals surface area contributed by atoms with Gasteiger partial charge in [0.15, 0.2) is 0 Å². The second-order valence-electron chi connectivity index (χ2n) is 4.66. The van der Waals surface area contributed by atoms with Gasteiger partial charge in [-0.15, -0.1) is 0 Å². The van der Waals surface area contributed by atoms with Crippen molar-refractivity contribution in [2.45, 2.75) is 32.5 Å². The van der Waals surface area contributed by atoms with Gasteiger partial charge in [0.2, 0.25) is 0 Å². The van der Waals surface area contributed by atoms with Crippen molar-refractivity contribution in [3.63, 3.8) is 0 Å². The van der Waals surface area contributed by atoms with Crippen molar-refractivity contribution in [2.24, 2.45) is 0 Å². The third-order valence-corrected chi connectivity index (χ3v) is 2.77. The second kappa shape index (κ2) is 3.97. The van der Waals surface area contributed by atoms with Gasteiger partial charge in [0.05, 0.1) is 0 Å². The van der Waals surface area contributed by atoms with Gasteiger partial charge in [-0.25, -0.2) is 4.79 Å². The predicted octanol–water partition coefficient (Wildman–Crippen LogP) is 1.16. The standard InChI is InChI=1S/C11H17NO4/c1-11(2)15-9(13)8(10(14)16-11)7-12-5-3-4-6-12/h13H,3-7H2,1-2H3. The van der Waals surface area contributed by atoms with Gasteiger partial charge in [0.25, 0.3) is 11.7 Å². The van der Waals surface area contributed by atoms with Crippen LogP contribution in [0.25, 0.3) is 0 Å². The van der Waals surface area contributed by atoms with Gasteiger partial charge in [0, 0.05) is 20.4 Å². The molecule has 0 bridgehead atoms. The normalized spacial score (nSPS) is 25.5. The van der Waals surface area contributed by atoms with E-state index in [1.165, 1.54) is 0 Å². The number of rotatable bonds is 2. The summed E-state index contributed by atoms with van der Waals surface area (Å²) in [5, 5.41) is 9.67. The van der Waals surface area contributed by atoms with Gasteiger partial charge in [-0.1, -0.05) is 0 Å². The van der Waals surface area contributed by atoms with Crippen molar-refractivity contribution < 1.29 is 19.4 Å². The summed E-state index contributed by atoms with van der Waals surface area (Å²) < 4.78 is 10.2. The zero-order valence-corrected chi connectivity index (χ0v) is 9.65. The summed E-state index contributed by atoms with van der Waals surface area (Å²) in [6.07, 6.45) is 2.27. The van der Waals surface area contributed by atoms with E-state index >= 15 is 0 Å². The number of likely N-dealkylation sites (tertiary alicyclic amines) is 1. The second-order valence-corrected chi connectivity index (χ2v) is 4.66. The monoisotopic (exact) mass is 227 g/mol. The highest BCUT2D eigenvalue weighted by Crippen LogP contribution is 2.26.